The number of carbonyl (C=O) groups excluding carboxylic acids is 2. The molecular weight excluding hydrogens is 476 g/mol. The van der Waals surface area contributed by atoms with Crippen LogP contribution in [0.2, 0.25) is 10.0 Å². The van der Waals surface area contributed by atoms with Gasteiger partial charge in [0.05, 0.1) is 26.9 Å². The number of nitro groups is 1. The fourth-order valence-electron chi connectivity index (χ4n) is 3.21. The van der Waals surface area contributed by atoms with E-state index in [1.165, 1.54) is 12.1 Å². The summed E-state index contributed by atoms with van der Waals surface area (Å²) >= 11 is 12.0. The average Bonchev–Trinajstić information content (AvgIpc) is 2.72. The van der Waals surface area contributed by atoms with Gasteiger partial charge in [0.1, 0.15) is 0 Å². The maximum Gasteiger partial charge on any atom is 0.471 e. The van der Waals surface area contributed by atoms with Gasteiger partial charge in [0.2, 0.25) is 0 Å². The number of non-ortho nitro benzene ring substituents is 1. The summed E-state index contributed by atoms with van der Waals surface area (Å²) in [6, 6.07) is 8.00. The third-order valence-electron chi connectivity index (χ3n) is 4.76. The molecule has 1 N–H and O–H groups in total. The van der Waals surface area contributed by atoms with Crippen LogP contribution >= 0.6 is 23.2 Å². The lowest BCUT2D eigenvalue weighted by molar-refractivity contribution is -0.384. The molecule has 2 amide bonds. The van der Waals surface area contributed by atoms with Gasteiger partial charge >= 0.3 is 12.1 Å². The molecule has 3 rings (SSSR count). The first kappa shape index (κ1) is 23.6. The lowest BCUT2D eigenvalue weighted by Crippen LogP contribution is -2.52. The molecule has 2 aromatic rings. The minimum atomic E-state index is -4.94. The summed E-state index contributed by atoms with van der Waals surface area (Å²) in [4.78, 5) is 36.8. The molecule has 0 aromatic heterocycles. The van der Waals surface area contributed by atoms with E-state index >= 15 is 0 Å². The normalized spacial score (nSPS) is 14.3. The van der Waals surface area contributed by atoms with Crippen LogP contribution in [-0.4, -0.2) is 54.0 Å². The van der Waals surface area contributed by atoms with E-state index < -0.39 is 22.9 Å². The van der Waals surface area contributed by atoms with Gasteiger partial charge in [-0.1, -0.05) is 23.2 Å². The first-order valence-corrected chi connectivity index (χ1v) is 9.89. The summed E-state index contributed by atoms with van der Waals surface area (Å²) in [6.45, 7) is -0.0969. The lowest BCUT2D eigenvalue weighted by atomic mass is 10.1. The van der Waals surface area contributed by atoms with Gasteiger partial charge in [-0.3, -0.25) is 19.7 Å². The minimum Gasteiger partial charge on any atom is -0.366 e. The molecule has 1 heterocycles. The average molecular weight is 491 g/mol. The zero-order chi connectivity index (χ0) is 23.6. The highest BCUT2D eigenvalue weighted by atomic mass is 35.5. The van der Waals surface area contributed by atoms with E-state index in [2.05, 4.69) is 5.32 Å². The Labute approximate surface area is 189 Å². The Morgan fingerprint density at radius 2 is 1.69 bits per heavy atom. The van der Waals surface area contributed by atoms with Crippen molar-refractivity contribution in [3.8, 4) is 0 Å². The van der Waals surface area contributed by atoms with E-state index in [9.17, 15) is 32.9 Å². The Bertz CT molecular complexity index is 1070. The zero-order valence-electron chi connectivity index (χ0n) is 16.2. The summed E-state index contributed by atoms with van der Waals surface area (Å²) in [6.07, 6.45) is -4.94. The SMILES string of the molecule is O=C(Nc1cc(Cl)ccc1N1CCN(C(=O)C(F)(F)F)CC1)c1ccc([N+](=O)[O-])cc1Cl. The van der Waals surface area contributed by atoms with Crippen molar-refractivity contribution >= 4 is 52.1 Å². The first-order chi connectivity index (χ1) is 15.0. The van der Waals surface area contributed by atoms with Gasteiger partial charge in [-0.15, -0.1) is 0 Å². The van der Waals surface area contributed by atoms with E-state index in [-0.39, 0.29) is 48.1 Å². The van der Waals surface area contributed by atoms with Crippen LogP contribution in [0.15, 0.2) is 36.4 Å². The second kappa shape index (κ2) is 9.21. The predicted molar refractivity (Wildman–Crippen MR) is 112 cm³/mol. The number of nitrogens with one attached hydrogen (secondary N) is 1. The second-order valence-electron chi connectivity index (χ2n) is 6.81. The van der Waals surface area contributed by atoms with Gasteiger partial charge in [-0.05, 0) is 24.3 Å². The molecule has 0 atom stereocenters. The Morgan fingerprint density at radius 3 is 2.25 bits per heavy atom. The quantitative estimate of drug-likeness (QED) is 0.507. The van der Waals surface area contributed by atoms with Crippen molar-refractivity contribution < 1.29 is 27.7 Å². The zero-order valence-corrected chi connectivity index (χ0v) is 17.7. The molecule has 0 radical (unpaired) electrons. The number of carbonyl (C=O) groups is 2. The number of amides is 2. The number of hydrogen-bond donors (Lipinski definition) is 1. The fraction of sp³-hybridized carbons (Fsp3) is 0.263. The molecule has 0 spiro atoms. The number of halogens is 5. The van der Waals surface area contributed by atoms with E-state index in [1.54, 1.807) is 17.0 Å². The largest absolute Gasteiger partial charge is 0.471 e. The highest BCUT2D eigenvalue weighted by Crippen LogP contribution is 2.32. The van der Waals surface area contributed by atoms with Crippen molar-refractivity contribution in [2.24, 2.45) is 0 Å². The first-order valence-electron chi connectivity index (χ1n) is 9.13. The van der Waals surface area contributed by atoms with Crippen LogP contribution in [0.5, 0.6) is 0 Å². The van der Waals surface area contributed by atoms with E-state index in [0.29, 0.717) is 10.7 Å². The van der Waals surface area contributed by atoms with Crippen molar-refractivity contribution in [1.82, 2.24) is 4.90 Å². The van der Waals surface area contributed by atoms with Gasteiger partial charge in [-0.25, -0.2) is 0 Å². The predicted octanol–water partition coefficient (Wildman–Crippen LogP) is 4.36. The number of nitro benzene ring substituents is 1. The van der Waals surface area contributed by atoms with Crippen LogP contribution in [-0.2, 0) is 4.79 Å². The molecule has 13 heteroatoms. The van der Waals surface area contributed by atoms with E-state index in [1.807, 2.05) is 0 Å². The number of hydrogen-bond acceptors (Lipinski definition) is 5. The molecule has 0 bridgehead atoms. The van der Waals surface area contributed by atoms with Crippen LogP contribution in [0.3, 0.4) is 0 Å². The molecular formula is C19H15Cl2F3N4O4. The molecule has 0 unspecified atom stereocenters. The molecule has 8 nitrogen and oxygen atoms in total. The Hall–Kier alpha value is -3.05. The van der Waals surface area contributed by atoms with Crippen LogP contribution < -0.4 is 10.2 Å². The monoisotopic (exact) mass is 490 g/mol. The van der Waals surface area contributed by atoms with Gasteiger partial charge in [-0.2, -0.15) is 13.2 Å². The van der Waals surface area contributed by atoms with E-state index in [4.69, 9.17) is 23.2 Å². The molecule has 1 fully saturated rings. The summed E-state index contributed by atoms with van der Waals surface area (Å²) in [5.41, 5.74) is 0.470. The highest BCUT2D eigenvalue weighted by Gasteiger charge is 2.43. The molecule has 1 saturated heterocycles. The van der Waals surface area contributed by atoms with Crippen molar-refractivity contribution in [2.75, 3.05) is 36.4 Å². The standard InChI is InChI=1S/C19H15Cl2F3N4O4/c20-11-1-4-16(26-5-7-27(8-6-26)18(30)19(22,23)24)15(9-11)25-17(29)13-3-2-12(28(31)32)10-14(13)21/h1-4,9-10H,5-8H2,(H,25,29). The third kappa shape index (κ3) is 5.22. The fourth-order valence-corrected chi connectivity index (χ4v) is 3.64. The van der Waals surface area contributed by atoms with Crippen molar-refractivity contribution in [1.29, 1.82) is 0 Å². The van der Waals surface area contributed by atoms with E-state index in [0.717, 1.165) is 17.0 Å². The van der Waals surface area contributed by atoms with Crippen molar-refractivity contribution in [2.45, 2.75) is 6.18 Å². The van der Waals surface area contributed by atoms with Crippen molar-refractivity contribution in [3.05, 3.63) is 62.1 Å². The van der Waals surface area contributed by atoms with Gasteiger partial charge < -0.3 is 15.1 Å². The minimum absolute atomic E-state index is 0.0104. The second-order valence-corrected chi connectivity index (χ2v) is 7.66. The summed E-state index contributed by atoms with van der Waals surface area (Å²) in [7, 11) is 0. The molecule has 0 aliphatic carbocycles. The number of benzene rings is 2. The topological polar surface area (TPSA) is 95.8 Å². The molecule has 170 valence electrons. The highest BCUT2D eigenvalue weighted by molar-refractivity contribution is 6.35. The number of nitrogens with zero attached hydrogens (tertiary/aromatic N) is 3. The van der Waals surface area contributed by atoms with Crippen molar-refractivity contribution in [3.63, 3.8) is 0 Å². The molecule has 1 aliphatic rings. The molecule has 32 heavy (non-hydrogen) atoms. The van der Waals surface area contributed by atoms with Crippen LogP contribution in [0.25, 0.3) is 0 Å². The molecule has 0 saturated carbocycles. The smallest absolute Gasteiger partial charge is 0.366 e. The maximum absolute atomic E-state index is 12.7. The number of rotatable bonds is 4. The van der Waals surface area contributed by atoms with Crippen LogP contribution in [0.1, 0.15) is 10.4 Å². The van der Waals surface area contributed by atoms with Gasteiger partial charge in [0.15, 0.2) is 0 Å². The van der Waals surface area contributed by atoms with Gasteiger partial charge in [0, 0.05) is 43.3 Å². The Balaban J connectivity index is 1.78. The number of anilines is 2. The third-order valence-corrected chi connectivity index (χ3v) is 5.31. The Kier molecular flexibility index (Phi) is 6.79. The molecule has 2 aromatic carbocycles. The summed E-state index contributed by atoms with van der Waals surface area (Å²) < 4.78 is 38.0. The van der Waals surface area contributed by atoms with Gasteiger partial charge in [0.25, 0.3) is 11.6 Å². The maximum atomic E-state index is 12.7. The summed E-state index contributed by atoms with van der Waals surface area (Å²) in [5.74, 6) is -2.55. The number of piperazine rings is 1. The Morgan fingerprint density at radius 1 is 1.03 bits per heavy atom. The lowest BCUT2D eigenvalue weighted by Gasteiger charge is -2.37. The molecule has 1 aliphatic heterocycles. The number of alkyl halides is 3. The summed E-state index contributed by atoms with van der Waals surface area (Å²) in [5, 5.41) is 13.6. The van der Waals surface area contributed by atoms with Crippen LogP contribution in [0, 0.1) is 10.1 Å². The van der Waals surface area contributed by atoms with Crippen LogP contribution in [0.4, 0.5) is 30.2 Å².